The summed E-state index contributed by atoms with van der Waals surface area (Å²) in [7, 11) is 0. The van der Waals surface area contributed by atoms with Crippen molar-refractivity contribution >= 4 is 22.8 Å². The molecule has 0 N–H and O–H groups in total. The molecule has 0 radical (unpaired) electrons. The smallest absolute Gasteiger partial charge is 0.190 e. The molecule has 5 nitrogen and oxygen atoms in total. The van der Waals surface area contributed by atoms with Gasteiger partial charge in [-0.2, -0.15) is 4.52 Å². The lowest BCUT2D eigenvalue weighted by atomic mass is 10.1. The largest absolute Gasteiger partial charge is 0.298 e. The number of carbonyl (C=O) groups excluding carboxylic acids is 1. The molecule has 0 amide bonds. The fourth-order valence-corrected chi connectivity index (χ4v) is 1.65. The minimum absolute atomic E-state index is 0.490. The van der Waals surface area contributed by atoms with Crippen molar-refractivity contribution in [2.75, 3.05) is 0 Å². The second-order valence-corrected chi connectivity index (χ2v) is 3.19. The van der Waals surface area contributed by atoms with Crippen LogP contribution in [0.25, 0.3) is 16.6 Å². The molecule has 0 spiro atoms. The number of para-hydroxylation sites is 1. The van der Waals surface area contributed by atoms with Crippen LogP contribution in [0.3, 0.4) is 0 Å². The highest BCUT2D eigenvalue weighted by Crippen LogP contribution is 2.17. The Kier molecular flexibility index (Phi) is 1.53. The lowest BCUT2D eigenvalue weighted by Crippen LogP contribution is -1.95. The summed E-state index contributed by atoms with van der Waals surface area (Å²) in [5.41, 5.74) is 1.88. The van der Waals surface area contributed by atoms with Gasteiger partial charge < -0.3 is 0 Å². The molecule has 0 bridgehead atoms. The highest BCUT2D eigenvalue weighted by atomic mass is 16.1. The topological polar surface area (TPSA) is 60.2 Å². The number of nitrogens with zero attached hydrogens (tertiary/aromatic N) is 4. The van der Waals surface area contributed by atoms with Gasteiger partial charge in [0.25, 0.3) is 0 Å². The van der Waals surface area contributed by atoms with E-state index in [1.807, 2.05) is 24.3 Å². The predicted octanol–water partition coefficient (Wildman–Crippen LogP) is 1.09. The second-order valence-electron chi connectivity index (χ2n) is 3.19. The molecule has 3 rings (SSSR count). The van der Waals surface area contributed by atoms with Gasteiger partial charge in [0.1, 0.15) is 0 Å². The Bertz CT molecular complexity index is 659. The molecule has 0 aliphatic rings. The van der Waals surface area contributed by atoms with Gasteiger partial charge in [0.05, 0.1) is 11.1 Å². The van der Waals surface area contributed by atoms with Crippen LogP contribution in [0.5, 0.6) is 0 Å². The van der Waals surface area contributed by atoms with Gasteiger partial charge >= 0.3 is 0 Å². The standard InChI is InChI=1S/C10H6N4O/c15-6-8-5-7-3-1-2-4-9(7)14-10(8)11-12-13-14/h1-6H. The van der Waals surface area contributed by atoms with E-state index in [4.69, 9.17) is 0 Å². The van der Waals surface area contributed by atoms with E-state index < -0.39 is 0 Å². The Balaban J connectivity index is 2.62. The van der Waals surface area contributed by atoms with Gasteiger partial charge in [-0.15, -0.1) is 5.10 Å². The summed E-state index contributed by atoms with van der Waals surface area (Å²) in [6, 6.07) is 9.43. The number of hydrogen-bond donors (Lipinski definition) is 0. The number of benzene rings is 1. The Hall–Kier alpha value is -2.30. The average Bonchev–Trinajstić information content (AvgIpc) is 2.77. The van der Waals surface area contributed by atoms with Crippen LogP contribution >= 0.6 is 0 Å². The summed E-state index contributed by atoms with van der Waals surface area (Å²) in [6.45, 7) is 0. The highest BCUT2D eigenvalue weighted by Gasteiger charge is 2.07. The molecule has 5 heteroatoms. The van der Waals surface area contributed by atoms with Crippen molar-refractivity contribution in [1.82, 2.24) is 20.0 Å². The Morgan fingerprint density at radius 2 is 2.13 bits per heavy atom. The van der Waals surface area contributed by atoms with Crippen LogP contribution in [0.1, 0.15) is 10.4 Å². The third-order valence-electron chi connectivity index (χ3n) is 2.33. The minimum Gasteiger partial charge on any atom is -0.298 e. The lowest BCUT2D eigenvalue weighted by molar-refractivity contribution is 0.112. The summed E-state index contributed by atoms with van der Waals surface area (Å²) in [5.74, 6) is 0. The number of tetrazole rings is 1. The first-order chi connectivity index (χ1) is 7.40. The summed E-state index contributed by atoms with van der Waals surface area (Å²) in [4.78, 5) is 10.9. The molecule has 72 valence electrons. The SMILES string of the molecule is O=Cc1cc2ccccc2n2nnnc12. The number of aldehydes is 1. The van der Waals surface area contributed by atoms with Crippen molar-refractivity contribution in [3.05, 3.63) is 35.9 Å². The first kappa shape index (κ1) is 8.05. The van der Waals surface area contributed by atoms with Crippen LogP contribution in [0.15, 0.2) is 30.3 Å². The lowest BCUT2D eigenvalue weighted by Gasteiger charge is -2.00. The summed E-state index contributed by atoms with van der Waals surface area (Å²) < 4.78 is 1.57. The molecule has 2 heterocycles. The van der Waals surface area contributed by atoms with E-state index in [0.717, 1.165) is 17.2 Å². The molecule has 3 aromatic rings. The van der Waals surface area contributed by atoms with Crippen LogP contribution in [0.2, 0.25) is 0 Å². The number of aromatic nitrogens is 4. The quantitative estimate of drug-likeness (QED) is 0.549. The van der Waals surface area contributed by atoms with Crippen LogP contribution in [-0.4, -0.2) is 26.3 Å². The first-order valence-corrected chi connectivity index (χ1v) is 4.45. The normalized spacial score (nSPS) is 10.9. The molecule has 0 saturated heterocycles. The summed E-state index contributed by atoms with van der Waals surface area (Å²) in [5, 5.41) is 12.2. The molecule has 0 unspecified atom stereocenters. The van der Waals surface area contributed by atoms with Gasteiger partial charge in [-0.1, -0.05) is 18.2 Å². The predicted molar refractivity (Wildman–Crippen MR) is 53.7 cm³/mol. The minimum atomic E-state index is 0.490. The zero-order valence-electron chi connectivity index (χ0n) is 7.66. The van der Waals surface area contributed by atoms with Crippen molar-refractivity contribution in [3.8, 4) is 0 Å². The number of pyridine rings is 1. The molecule has 2 aromatic heterocycles. The van der Waals surface area contributed by atoms with E-state index in [2.05, 4.69) is 15.5 Å². The maximum Gasteiger partial charge on any atom is 0.190 e. The van der Waals surface area contributed by atoms with Crippen molar-refractivity contribution in [3.63, 3.8) is 0 Å². The van der Waals surface area contributed by atoms with E-state index in [0.29, 0.717) is 11.2 Å². The fraction of sp³-hybridized carbons (Fsp3) is 0. The van der Waals surface area contributed by atoms with E-state index in [-0.39, 0.29) is 0 Å². The third-order valence-corrected chi connectivity index (χ3v) is 2.33. The molecule has 0 aliphatic carbocycles. The average molecular weight is 198 g/mol. The molecule has 15 heavy (non-hydrogen) atoms. The van der Waals surface area contributed by atoms with Crippen molar-refractivity contribution in [2.45, 2.75) is 0 Å². The van der Waals surface area contributed by atoms with Gasteiger partial charge in [0.2, 0.25) is 0 Å². The molecular formula is C10H6N4O. The van der Waals surface area contributed by atoms with Crippen LogP contribution in [-0.2, 0) is 0 Å². The fourth-order valence-electron chi connectivity index (χ4n) is 1.65. The van der Waals surface area contributed by atoms with Crippen molar-refractivity contribution in [2.24, 2.45) is 0 Å². The molecule has 1 aromatic carbocycles. The zero-order chi connectivity index (χ0) is 10.3. The molecule has 0 saturated carbocycles. The maximum absolute atomic E-state index is 10.9. The summed E-state index contributed by atoms with van der Waals surface area (Å²) in [6.07, 6.45) is 0.762. The first-order valence-electron chi connectivity index (χ1n) is 4.45. The van der Waals surface area contributed by atoms with Crippen LogP contribution in [0, 0.1) is 0 Å². The molecule has 0 atom stereocenters. The van der Waals surface area contributed by atoms with E-state index in [1.165, 1.54) is 0 Å². The van der Waals surface area contributed by atoms with Crippen LogP contribution < -0.4 is 0 Å². The molecule has 0 aliphatic heterocycles. The number of carbonyl (C=O) groups is 1. The summed E-state index contributed by atoms with van der Waals surface area (Å²) >= 11 is 0. The van der Waals surface area contributed by atoms with E-state index in [1.54, 1.807) is 10.6 Å². The van der Waals surface area contributed by atoms with Gasteiger partial charge in [0, 0.05) is 5.39 Å². The van der Waals surface area contributed by atoms with Crippen LogP contribution in [0.4, 0.5) is 0 Å². The number of hydrogen-bond acceptors (Lipinski definition) is 4. The molecule has 0 fully saturated rings. The number of rotatable bonds is 1. The monoisotopic (exact) mass is 198 g/mol. The van der Waals surface area contributed by atoms with Crippen molar-refractivity contribution < 1.29 is 4.79 Å². The Morgan fingerprint density at radius 3 is 3.00 bits per heavy atom. The van der Waals surface area contributed by atoms with Gasteiger partial charge in [-0.3, -0.25) is 4.79 Å². The maximum atomic E-state index is 10.9. The molecular weight excluding hydrogens is 192 g/mol. The van der Waals surface area contributed by atoms with Gasteiger partial charge in [-0.25, -0.2) is 0 Å². The zero-order valence-corrected chi connectivity index (χ0v) is 7.66. The van der Waals surface area contributed by atoms with Crippen molar-refractivity contribution in [1.29, 1.82) is 0 Å². The van der Waals surface area contributed by atoms with Gasteiger partial charge in [0.15, 0.2) is 11.9 Å². The Morgan fingerprint density at radius 1 is 1.27 bits per heavy atom. The second kappa shape index (κ2) is 2.84. The van der Waals surface area contributed by atoms with E-state index in [9.17, 15) is 4.79 Å². The number of fused-ring (bicyclic) bond motifs is 3. The highest BCUT2D eigenvalue weighted by molar-refractivity contribution is 5.92. The van der Waals surface area contributed by atoms with E-state index >= 15 is 0 Å². The third kappa shape index (κ3) is 1.03. The van der Waals surface area contributed by atoms with Gasteiger partial charge in [-0.05, 0) is 22.6 Å². The Labute approximate surface area is 84.3 Å².